The Bertz CT molecular complexity index is 947. The molecule has 12 nitrogen and oxygen atoms in total. The van der Waals surface area contributed by atoms with Crippen LogP contribution in [0.25, 0.3) is 6.08 Å². The van der Waals surface area contributed by atoms with Crippen LogP contribution >= 0.6 is 0 Å². The van der Waals surface area contributed by atoms with Crippen molar-refractivity contribution >= 4 is 22.2 Å². The lowest BCUT2D eigenvalue weighted by Gasteiger charge is -2.19. The summed E-state index contributed by atoms with van der Waals surface area (Å²) in [7, 11) is -2.86. The van der Waals surface area contributed by atoms with Crippen molar-refractivity contribution in [1.29, 1.82) is 0 Å². The van der Waals surface area contributed by atoms with Crippen LogP contribution in [-0.2, 0) is 28.6 Å². The predicted octanol–water partition coefficient (Wildman–Crippen LogP) is -2.68. The molecule has 3 N–H and O–H groups in total. The molecular formula is C14H18N2O10S. The van der Waals surface area contributed by atoms with Crippen molar-refractivity contribution in [3.63, 3.8) is 0 Å². The number of aliphatic hydroxyl groups excluding tert-OH is 2. The van der Waals surface area contributed by atoms with Gasteiger partial charge in [0.05, 0.1) is 25.5 Å². The molecule has 4 atom stereocenters. The number of aliphatic hydroxyl groups is 2. The summed E-state index contributed by atoms with van der Waals surface area (Å²) < 4.78 is 37.9. The monoisotopic (exact) mass is 406 g/mol. The number of hydrogen-bond acceptors (Lipinski definition) is 10. The van der Waals surface area contributed by atoms with Crippen LogP contribution in [0.4, 0.5) is 0 Å². The molecule has 1 aromatic rings. The molecule has 1 aliphatic rings. The summed E-state index contributed by atoms with van der Waals surface area (Å²) in [4.78, 5) is 37.1. The number of ether oxygens (including phenoxy) is 2. The zero-order valence-electron chi connectivity index (χ0n) is 14.3. The van der Waals surface area contributed by atoms with Gasteiger partial charge in [0.2, 0.25) is 0 Å². The van der Waals surface area contributed by atoms with E-state index in [2.05, 4.69) is 4.74 Å². The van der Waals surface area contributed by atoms with Gasteiger partial charge in [0.25, 0.3) is 15.7 Å². The molecule has 0 amide bonds. The first-order chi connectivity index (χ1) is 12.6. The number of rotatable bonds is 6. The number of aromatic amines is 1. The second-order valence-corrected chi connectivity index (χ2v) is 7.21. The normalized spacial score (nSPS) is 25.8. The van der Waals surface area contributed by atoms with E-state index in [4.69, 9.17) is 8.92 Å². The van der Waals surface area contributed by atoms with Crippen molar-refractivity contribution in [1.82, 2.24) is 9.55 Å². The summed E-state index contributed by atoms with van der Waals surface area (Å²) in [5, 5.41) is 19.7. The number of aromatic nitrogens is 2. The van der Waals surface area contributed by atoms with Gasteiger partial charge >= 0.3 is 11.7 Å². The lowest BCUT2D eigenvalue weighted by atomic mass is 10.1. The molecule has 0 unspecified atom stereocenters. The van der Waals surface area contributed by atoms with Crippen LogP contribution in [0.3, 0.4) is 0 Å². The molecular weight excluding hydrogens is 388 g/mol. The van der Waals surface area contributed by atoms with Crippen LogP contribution in [0.5, 0.6) is 0 Å². The maximum Gasteiger partial charge on any atom is 0.330 e. The Morgan fingerprint density at radius 3 is 2.67 bits per heavy atom. The fraction of sp³-hybridized carbons (Fsp3) is 0.500. The number of nitrogens with zero attached hydrogens (tertiary/aromatic N) is 1. The zero-order valence-corrected chi connectivity index (χ0v) is 15.1. The molecule has 1 aliphatic heterocycles. The van der Waals surface area contributed by atoms with Crippen LogP contribution in [0.15, 0.2) is 21.9 Å². The predicted molar refractivity (Wildman–Crippen MR) is 89.1 cm³/mol. The van der Waals surface area contributed by atoms with E-state index in [1.165, 1.54) is 0 Å². The Labute approximate surface area is 152 Å². The smallest absolute Gasteiger partial charge is 0.330 e. The second kappa shape index (κ2) is 8.14. The van der Waals surface area contributed by atoms with Gasteiger partial charge in [-0.2, -0.15) is 8.42 Å². The van der Waals surface area contributed by atoms with E-state index in [9.17, 15) is 33.0 Å². The summed E-state index contributed by atoms with van der Waals surface area (Å²) in [5.41, 5.74) is -1.91. The number of hydrogen-bond donors (Lipinski definition) is 3. The van der Waals surface area contributed by atoms with E-state index in [0.717, 1.165) is 36.3 Å². The Morgan fingerprint density at radius 1 is 1.44 bits per heavy atom. The third kappa shape index (κ3) is 4.90. The molecule has 13 heteroatoms. The number of nitrogens with one attached hydrogen (secondary N) is 1. The topological polar surface area (TPSA) is 174 Å². The summed E-state index contributed by atoms with van der Waals surface area (Å²) in [5.74, 6) is -0.744. The zero-order chi connectivity index (χ0) is 20.4. The molecule has 27 heavy (non-hydrogen) atoms. The van der Waals surface area contributed by atoms with Gasteiger partial charge < -0.3 is 19.7 Å². The quantitative estimate of drug-likeness (QED) is 0.256. The van der Waals surface area contributed by atoms with Gasteiger partial charge in [0.1, 0.15) is 18.3 Å². The van der Waals surface area contributed by atoms with E-state index in [0.29, 0.717) is 0 Å². The molecule has 0 aromatic carbocycles. The Balaban J connectivity index is 2.42. The summed E-state index contributed by atoms with van der Waals surface area (Å²) >= 11 is 0. The summed E-state index contributed by atoms with van der Waals surface area (Å²) in [6.45, 7) is -0.694. The molecule has 0 aliphatic carbocycles. The maximum absolute atomic E-state index is 12.1. The standard InChI is InChI=1S/C14H18N2O10S/c1-24-9(18)4-3-7-5-16(14(21)15-12(7)20)13-10(19)11(8(6-17)25-13)26-27(2,22)23/h3-5,8,10-11,13,17,19H,6H2,1-2H3,(H,15,20,21)/t8-,10-,11+,13-/m1/s1. The van der Waals surface area contributed by atoms with Crippen molar-refractivity contribution in [3.05, 3.63) is 38.7 Å². The maximum atomic E-state index is 12.1. The van der Waals surface area contributed by atoms with E-state index in [-0.39, 0.29) is 5.56 Å². The fourth-order valence-corrected chi connectivity index (χ4v) is 3.09. The molecule has 1 saturated heterocycles. The van der Waals surface area contributed by atoms with Crippen LogP contribution in [-0.4, -0.2) is 72.4 Å². The highest BCUT2D eigenvalue weighted by Gasteiger charge is 2.47. The average molecular weight is 406 g/mol. The Kier molecular flexibility index (Phi) is 6.33. The van der Waals surface area contributed by atoms with E-state index < -0.39 is 58.5 Å². The summed E-state index contributed by atoms with van der Waals surface area (Å²) in [6, 6.07) is 0. The van der Waals surface area contributed by atoms with Crippen LogP contribution in [0, 0.1) is 0 Å². The molecule has 150 valence electrons. The van der Waals surface area contributed by atoms with Crippen molar-refractivity contribution in [2.75, 3.05) is 20.0 Å². The molecule has 0 spiro atoms. The number of H-pyrrole nitrogens is 1. The molecule has 1 aromatic heterocycles. The van der Waals surface area contributed by atoms with Crippen molar-refractivity contribution in [2.45, 2.75) is 24.5 Å². The highest BCUT2D eigenvalue weighted by Crippen LogP contribution is 2.31. The SMILES string of the molecule is COC(=O)C=Cc1cn([C@@H]2O[C@H](CO)[C@H](OS(C)(=O)=O)[C@H]2O)c(=O)[nH]c1=O. The molecule has 2 heterocycles. The highest BCUT2D eigenvalue weighted by molar-refractivity contribution is 7.86. The van der Waals surface area contributed by atoms with Crippen LogP contribution in [0.2, 0.25) is 0 Å². The third-order valence-corrected chi connectivity index (χ3v) is 4.22. The summed E-state index contributed by atoms with van der Waals surface area (Å²) in [6.07, 6.45) is -2.04. The minimum absolute atomic E-state index is 0.135. The molecule has 0 radical (unpaired) electrons. The fourth-order valence-electron chi connectivity index (χ4n) is 2.45. The number of methoxy groups -OCH3 is 1. The largest absolute Gasteiger partial charge is 0.466 e. The van der Waals surface area contributed by atoms with E-state index in [1.807, 2.05) is 4.98 Å². The minimum atomic E-state index is -3.99. The number of carbonyl (C=O) groups is 1. The van der Waals surface area contributed by atoms with Gasteiger partial charge in [-0.15, -0.1) is 0 Å². The average Bonchev–Trinajstić information content (AvgIpc) is 2.88. The van der Waals surface area contributed by atoms with Gasteiger partial charge in [-0.3, -0.25) is 18.5 Å². The molecule has 1 fully saturated rings. The number of esters is 1. The van der Waals surface area contributed by atoms with E-state index in [1.54, 1.807) is 0 Å². The highest BCUT2D eigenvalue weighted by atomic mass is 32.2. The third-order valence-electron chi connectivity index (χ3n) is 3.64. The van der Waals surface area contributed by atoms with Crippen molar-refractivity contribution < 1.29 is 37.1 Å². The van der Waals surface area contributed by atoms with E-state index >= 15 is 0 Å². The van der Waals surface area contributed by atoms with Crippen molar-refractivity contribution in [3.8, 4) is 0 Å². The molecule has 2 rings (SSSR count). The molecule has 0 bridgehead atoms. The van der Waals surface area contributed by atoms with Crippen LogP contribution in [0.1, 0.15) is 11.8 Å². The van der Waals surface area contributed by atoms with Gasteiger partial charge in [-0.05, 0) is 6.08 Å². The van der Waals surface area contributed by atoms with Crippen LogP contribution < -0.4 is 11.2 Å². The first kappa shape index (κ1) is 21.0. The minimum Gasteiger partial charge on any atom is -0.466 e. The second-order valence-electron chi connectivity index (χ2n) is 5.61. The van der Waals surface area contributed by atoms with Crippen molar-refractivity contribution in [2.24, 2.45) is 0 Å². The first-order valence-corrected chi connectivity index (χ1v) is 9.33. The van der Waals surface area contributed by atoms with Gasteiger partial charge in [-0.25, -0.2) is 9.59 Å². The Morgan fingerprint density at radius 2 is 2.11 bits per heavy atom. The van der Waals surface area contributed by atoms with Gasteiger partial charge in [-0.1, -0.05) is 0 Å². The van der Waals surface area contributed by atoms with Gasteiger partial charge in [0.15, 0.2) is 6.23 Å². The lowest BCUT2D eigenvalue weighted by Crippen LogP contribution is -2.40. The molecule has 0 saturated carbocycles. The van der Waals surface area contributed by atoms with Gasteiger partial charge in [0, 0.05) is 12.3 Å². The first-order valence-electron chi connectivity index (χ1n) is 7.51. The number of carbonyl (C=O) groups excluding carboxylic acids is 1. The lowest BCUT2D eigenvalue weighted by molar-refractivity contribution is -0.134. The Hall–Kier alpha value is -2.32.